The smallest absolute Gasteiger partial charge is 0.258 e. The van der Waals surface area contributed by atoms with Crippen molar-refractivity contribution < 1.29 is 13.9 Å². The van der Waals surface area contributed by atoms with E-state index in [9.17, 15) is 4.79 Å². The predicted molar refractivity (Wildman–Crippen MR) is 99.2 cm³/mol. The molecule has 0 bridgehead atoms. The number of carbonyl (C=O) groups excluding carboxylic acids is 1. The first-order valence-corrected chi connectivity index (χ1v) is 8.20. The number of carbonyl (C=O) groups is 1. The van der Waals surface area contributed by atoms with E-state index < -0.39 is 0 Å². The third-order valence-electron chi connectivity index (χ3n) is 4.17. The van der Waals surface area contributed by atoms with Crippen LogP contribution in [0.1, 0.15) is 21.8 Å². The van der Waals surface area contributed by atoms with Gasteiger partial charge in [0.15, 0.2) is 5.58 Å². The summed E-state index contributed by atoms with van der Waals surface area (Å²) >= 11 is 0. The molecular weight excluding hydrogens is 330 g/mol. The Hall–Kier alpha value is -3.25. The van der Waals surface area contributed by atoms with E-state index in [1.54, 1.807) is 31.5 Å². The summed E-state index contributed by atoms with van der Waals surface area (Å²) in [5.74, 6) is 0.298. The summed E-state index contributed by atoms with van der Waals surface area (Å²) in [5, 5.41) is 3.86. The Morgan fingerprint density at radius 1 is 1.23 bits per heavy atom. The summed E-state index contributed by atoms with van der Waals surface area (Å²) in [5.41, 5.74) is 4.10. The first-order valence-electron chi connectivity index (χ1n) is 8.20. The highest BCUT2D eigenvalue weighted by Crippen LogP contribution is 2.24. The number of amides is 1. The van der Waals surface area contributed by atoms with E-state index in [0.29, 0.717) is 40.4 Å². The zero-order chi connectivity index (χ0) is 18.1. The number of aromatic nitrogens is 2. The Kier molecular flexibility index (Phi) is 4.10. The van der Waals surface area contributed by atoms with Gasteiger partial charge in [-0.3, -0.25) is 9.78 Å². The zero-order valence-electron chi connectivity index (χ0n) is 14.4. The van der Waals surface area contributed by atoms with Gasteiger partial charge in [0.25, 0.3) is 5.91 Å². The molecule has 0 spiro atoms. The summed E-state index contributed by atoms with van der Waals surface area (Å²) in [4.78, 5) is 21.6. The van der Waals surface area contributed by atoms with Crippen LogP contribution >= 0.6 is 0 Å². The third-order valence-corrected chi connectivity index (χ3v) is 4.17. The second-order valence-electron chi connectivity index (χ2n) is 6.01. The summed E-state index contributed by atoms with van der Waals surface area (Å²) in [6, 6.07) is 13.0. The lowest BCUT2D eigenvalue weighted by molar-refractivity contribution is 0.102. The van der Waals surface area contributed by atoms with Crippen molar-refractivity contribution in [3.05, 3.63) is 65.7 Å². The number of fused-ring (bicyclic) bond motifs is 2. The number of nitrogens with one attached hydrogen (secondary N) is 1. The number of rotatable bonds is 4. The van der Waals surface area contributed by atoms with Crippen LogP contribution in [0.4, 0.5) is 5.69 Å². The summed E-state index contributed by atoms with van der Waals surface area (Å²) in [7, 11) is 1.58. The van der Waals surface area contributed by atoms with Crippen molar-refractivity contribution in [3.8, 4) is 0 Å². The SMILES string of the molecule is COCc1nc2cc(NC(=O)c3c(C)ccc4cccnc34)ccc2o1. The second-order valence-corrected chi connectivity index (χ2v) is 6.01. The highest BCUT2D eigenvalue weighted by Gasteiger charge is 2.15. The molecule has 0 saturated heterocycles. The van der Waals surface area contributed by atoms with Crippen LogP contribution in [0.3, 0.4) is 0 Å². The molecule has 2 aromatic carbocycles. The van der Waals surface area contributed by atoms with E-state index in [4.69, 9.17) is 9.15 Å². The van der Waals surface area contributed by atoms with Crippen LogP contribution in [0.15, 0.2) is 53.1 Å². The Labute approximate surface area is 149 Å². The molecule has 0 atom stereocenters. The second kappa shape index (κ2) is 6.57. The molecule has 0 aliphatic carbocycles. The lowest BCUT2D eigenvalue weighted by atomic mass is 10.0. The number of pyridine rings is 1. The number of aryl methyl sites for hydroxylation is 1. The minimum absolute atomic E-state index is 0.202. The van der Waals surface area contributed by atoms with Crippen LogP contribution < -0.4 is 5.32 Å². The van der Waals surface area contributed by atoms with E-state index in [-0.39, 0.29) is 5.91 Å². The molecule has 0 saturated carbocycles. The van der Waals surface area contributed by atoms with Gasteiger partial charge in [0, 0.05) is 24.4 Å². The van der Waals surface area contributed by atoms with Gasteiger partial charge < -0.3 is 14.5 Å². The molecule has 26 heavy (non-hydrogen) atoms. The van der Waals surface area contributed by atoms with Gasteiger partial charge in [-0.1, -0.05) is 18.2 Å². The van der Waals surface area contributed by atoms with Crippen molar-refractivity contribution in [1.82, 2.24) is 9.97 Å². The monoisotopic (exact) mass is 347 g/mol. The summed E-state index contributed by atoms with van der Waals surface area (Å²) < 4.78 is 10.6. The van der Waals surface area contributed by atoms with E-state index in [0.717, 1.165) is 10.9 Å². The Balaban J connectivity index is 1.68. The largest absolute Gasteiger partial charge is 0.438 e. The van der Waals surface area contributed by atoms with Crippen molar-refractivity contribution in [2.75, 3.05) is 12.4 Å². The normalized spacial score (nSPS) is 11.2. The topological polar surface area (TPSA) is 77.2 Å². The zero-order valence-corrected chi connectivity index (χ0v) is 14.4. The minimum atomic E-state index is -0.202. The van der Waals surface area contributed by atoms with Crippen LogP contribution in [0.2, 0.25) is 0 Å². The molecule has 0 fully saturated rings. The number of anilines is 1. The fraction of sp³-hybridized carbons (Fsp3) is 0.150. The van der Waals surface area contributed by atoms with Crippen molar-refractivity contribution in [3.63, 3.8) is 0 Å². The van der Waals surface area contributed by atoms with Crippen LogP contribution in [-0.4, -0.2) is 23.0 Å². The van der Waals surface area contributed by atoms with Crippen molar-refractivity contribution >= 4 is 33.6 Å². The van der Waals surface area contributed by atoms with Gasteiger partial charge in [0.05, 0.1) is 11.1 Å². The van der Waals surface area contributed by atoms with Gasteiger partial charge in [0.1, 0.15) is 12.1 Å². The van der Waals surface area contributed by atoms with Gasteiger partial charge in [0.2, 0.25) is 5.89 Å². The fourth-order valence-electron chi connectivity index (χ4n) is 2.96. The molecule has 4 rings (SSSR count). The third kappa shape index (κ3) is 2.91. The number of hydrogen-bond donors (Lipinski definition) is 1. The van der Waals surface area contributed by atoms with Crippen LogP contribution in [-0.2, 0) is 11.3 Å². The van der Waals surface area contributed by atoms with Crippen LogP contribution in [0.25, 0.3) is 22.0 Å². The van der Waals surface area contributed by atoms with Crippen LogP contribution in [0.5, 0.6) is 0 Å². The molecule has 4 aromatic rings. The number of benzene rings is 2. The summed E-state index contributed by atoms with van der Waals surface area (Å²) in [6.45, 7) is 2.21. The molecule has 6 nitrogen and oxygen atoms in total. The molecule has 0 radical (unpaired) electrons. The van der Waals surface area contributed by atoms with Gasteiger partial charge in [-0.05, 0) is 36.8 Å². The first kappa shape index (κ1) is 16.2. The molecule has 130 valence electrons. The van der Waals surface area contributed by atoms with E-state index in [2.05, 4.69) is 15.3 Å². The van der Waals surface area contributed by atoms with E-state index in [1.165, 1.54) is 0 Å². The first-order chi connectivity index (χ1) is 12.7. The molecule has 6 heteroatoms. The Morgan fingerprint density at radius 3 is 2.96 bits per heavy atom. The van der Waals surface area contributed by atoms with Crippen molar-refractivity contribution in [2.24, 2.45) is 0 Å². The van der Waals surface area contributed by atoms with Gasteiger partial charge in [-0.2, -0.15) is 0 Å². The standard InChI is InChI=1S/C20H17N3O3/c1-12-5-6-13-4-3-9-21-19(13)18(12)20(24)22-14-7-8-16-15(10-14)23-17(26-16)11-25-2/h3-10H,11H2,1-2H3,(H,22,24). The maximum absolute atomic E-state index is 12.9. The Bertz CT molecular complexity index is 1120. The molecule has 2 aromatic heterocycles. The molecule has 0 unspecified atom stereocenters. The highest BCUT2D eigenvalue weighted by molar-refractivity contribution is 6.13. The number of hydrogen-bond acceptors (Lipinski definition) is 5. The van der Waals surface area contributed by atoms with Crippen molar-refractivity contribution in [1.29, 1.82) is 0 Å². The van der Waals surface area contributed by atoms with Crippen molar-refractivity contribution in [2.45, 2.75) is 13.5 Å². The summed E-state index contributed by atoms with van der Waals surface area (Å²) in [6.07, 6.45) is 1.69. The van der Waals surface area contributed by atoms with Gasteiger partial charge in [-0.15, -0.1) is 0 Å². The lowest BCUT2D eigenvalue weighted by Crippen LogP contribution is -2.14. The lowest BCUT2D eigenvalue weighted by Gasteiger charge is -2.10. The number of ether oxygens (including phenoxy) is 1. The molecule has 2 heterocycles. The number of nitrogens with zero attached hydrogens (tertiary/aromatic N) is 2. The number of oxazole rings is 1. The Morgan fingerprint density at radius 2 is 2.12 bits per heavy atom. The quantitative estimate of drug-likeness (QED) is 0.602. The maximum Gasteiger partial charge on any atom is 0.258 e. The molecule has 1 N–H and O–H groups in total. The van der Waals surface area contributed by atoms with E-state index in [1.807, 2.05) is 31.2 Å². The molecular formula is C20H17N3O3. The van der Waals surface area contributed by atoms with Gasteiger partial charge >= 0.3 is 0 Å². The molecule has 1 amide bonds. The average molecular weight is 347 g/mol. The fourth-order valence-corrected chi connectivity index (χ4v) is 2.96. The molecule has 0 aliphatic heterocycles. The predicted octanol–water partition coefficient (Wildman–Crippen LogP) is 4.08. The van der Waals surface area contributed by atoms with Crippen LogP contribution in [0, 0.1) is 6.92 Å². The molecule has 0 aliphatic rings. The van der Waals surface area contributed by atoms with Gasteiger partial charge in [-0.25, -0.2) is 4.98 Å². The average Bonchev–Trinajstić information content (AvgIpc) is 3.03. The maximum atomic E-state index is 12.9. The highest BCUT2D eigenvalue weighted by atomic mass is 16.5. The number of methoxy groups -OCH3 is 1. The van der Waals surface area contributed by atoms with E-state index >= 15 is 0 Å². The minimum Gasteiger partial charge on any atom is -0.438 e.